The Morgan fingerprint density at radius 2 is 2.00 bits per heavy atom. The highest BCUT2D eigenvalue weighted by Crippen LogP contribution is 2.29. The van der Waals surface area contributed by atoms with Crippen molar-refractivity contribution in [3.05, 3.63) is 29.8 Å². The molecule has 2 N–H and O–H groups in total. The van der Waals surface area contributed by atoms with E-state index >= 15 is 0 Å². The zero-order valence-electron chi connectivity index (χ0n) is 10.7. The van der Waals surface area contributed by atoms with Crippen LogP contribution in [0.15, 0.2) is 24.3 Å². The summed E-state index contributed by atoms with van der Waals surface area (Å²) in [6, 6.07) is 8.01. The van der Waals surface area contributed by atoms with E-state index in [0.29, 0.717) is 11.0 Å². The molecule has 1 aliphatic carbocycles. The fraction of sp³-hybridized carbons (Fsp3) is 0.429. The Hall–Kier alpha value is -1.42. The SMILES string of the molecule is CC(C)c1ccccc1NC(=S)NC(=O)C1CC1. The lowest BCUT2D eigenvalue weighted by Gasteiger charge is -2.15. The van der Waals surface area contributed by atoms with Crippen molar-refractivity contribution < 1.29 is 4.79 Å². The molecule has 0 spiro atoms. The Kier molecular flexibility index (Phi) is 3.97. The number of para-hydroxylation sites is 1. The van der Waals surface area contributed by atoms with Gasteiger partial charge in [0.05, 0.1) is 0 Å². The molecule has 1 aromatic carbocycles. The maximum absolute atomic E-state index is 11.6. The smallest absolute Gasteiger partial charge is 0.229 e. The zero-order valence-corrected chi connectivity index (χ0v) is 11.5. The van der Waals surface area contributed by atoms with Crippen LogP contribution in [0.4, 0.5) is 5.69 Å². The maximum atomic E-state index is 11.6. The van der Waals surface area contributed by atoms with Crippen LogP contribution in [0.1, 0.15) is 38.2 Å². The largest absolute Gasteiger partial charge is 0.332 e. The van der Waals surface area contributed by atoms with Crippen LogP contribution in [-0.4, -0.2) is 11.0 Å². The Bertz CT molecular complexity index is 467. The molecule has 1 aromatic rings. The molecule has 1 amide bonds. The van der Waals surface area contributed by atoms with Crippen molar-refractivity contribution in [2.75, 3.05) is 5.32 Å². The molecule has 0 aromatic heterocycles. The van der Waals surface area contributed by atoms with Gasteiger partial charge in [0, 0.05) is 11.6 Å². The summed E-state index contributed by atoms with van der Waals surface area (Å²) >= 11 is 5.16. The first kappa shape index (κ1) is 13.0. The number of rotatable bonds is 3. The fourth-order valence-electron chi connectivity index (χ4n) is 1.83. The first-order chi connectivity index (χ1) is 8.58. The molecule has 0 atom stereocenters. The molecule has 0 radical (unpaired) electrons. The first-order valence-corrected chi connectivity index (χ1v) is 6.69. The van der Waals surface area contributed by atoms with Crippen molar-refractivity contribution in [1.82, 2.24) is 5.32 Å². The van der Waals surface area contributed by atoms with Crippen molar-refractivity contribution in [3.8, 4) is 0 Å². The summed E-state index contributed by atoms with van der Waals surface area (Å²) in [4.78, 5) is 11.6. The molecule has 3 nitrogen and oxygen atoms in total. The van der Waals surface area contributed by atoms with Crippen LogP contribution < -0.4 is 10.6 Å². The van der Waals surface area contributed by atoms with E-state index in [2.05, 4.69) is 30.5 Å². The summed E-state index contributed by atoms with van der Waals surface area (Å²) in [7, 11) is 0. The highest BCUT2D eigenvalue weighted by Gasteiger charge is 2.30. The van der Waals surface area contributed by atoms with Crippen LogP contribution in [0.25, 0.3) is 0 Å². The Morgan fingerprint density at radius 3 is 2.61 bits per heavy atom. The second-order valence-corrected chi connectivity index (χ2v) is 5.37. The summed E-state index contributed by atoms with van der Waals surface area (Å²) in [6.07, 6.45) is 1.97. The lowest BCUT2D eigenvalue weighted by Crippen LogP contribution is -2.35. The molecule has 96 valence electrons. The van der Waals surface area contributed by atoms with Gasteiger partial charge in [0.2, 0.25) is 5.91 Å². The monoisotopic (exact) mass is 262 g/mol. The van der Waals surface area contributed by atoms with Gasteiger partial charge in [-0.1, -0.05) is 32.0 Å². The molecule has 0 bridgehead atoms. The third-order valence-corrected chi connectivity index (χ3v) is 3.22. The van der Waals surface area contributed by atoms with Crippen LogP contribution in [-0.2, 0) is 4.79 Å². The lowest BCUT2D eigenvalue weighted by molar-refractivity contribution is -0.120. The molecule has 0 saturated heterocycles. The first-order valence-electron chi connectivity index (χ1n) is 6.28. The van der Waals surface area contributed by atoms with Gasteiger partial charge >= 0.3 is 0 Å². The molecular formula is C14H18N2OS. The molecule has 1 aliphatic rings. The molecule has 18 heavy (non-hydrogen) atoms. The Labute approximate surface area is 113 Å². The van der Waals surface area contributed by atoms with Gasteiger partial charge in [-0.2, -0.15) is 0 Å². The number of carbonyl (C=O) groups is 1. The van der Waals surface area contributed by atoms with Crippen molar-refractivity contribution in [2.24, 2.45) is 5.92 Å². The number of thiocarbonyl (C=S) groups is 1. The second kappa shape index (κ2) is 5.48. The van der Waals surface area contributed by atoms with Gasteiger partial charge in [-0.3, -0.25) is 4.79 Å². The summed E-state index contributed by atoms with van der Waals surface area (Å²) in [5.74, 6) is 0.621. The number of nitrogens with one attached hydrogen (secondary N) is 2. The topological polar surface area (TPSA) is 41.1 Å². The predicted molar refractivity (Wildman–Crippen MR) is 77.6 cm³/mol. The van der Waals surface area contributed by atoms with Crippen molar-refractivity contribution in [1.29, 1.82) is 0 Å². The minimum Gasteiger partial charge on any atom is -0.332 e. The Morgan fingerprint density at radius 1 is 1.33 bits per heavy atom. The van der Waals surface area contributed by atoms with E-state index in [1.807, 2.05) is 18.2 Å². The van der Waals surface area contributed by atoms with Crippen LogP contribution in [0, 0.1) is 5.92 Å². The van der Waals surface area contributed by atoms with E-state index in [0.717, 1.165) is 18.5 Å². The van der Waals surface area contributed by atoms with E-state index in [1.54, 1.807) is 0 Å². The molecule has 0 heterocycles. The summed E-state index contributed by atoms with van der Waals surface area (Å²) in [6.45, 7) is 4.26. The number of hydrogen-bond donors (Lipinski definition) is 2. The van der Waals surface area contributed by atoms with Crippen LogP contribution >= 0.6 is 12.2 Å². The van der Waals surface area contributed by atoms with E-state index < -0.39 is 0 Å². The highest BCUT2D eigenvalue weighted by atomic mass is 32.1. The molecule has 4 heteroatoms. The van der Waals surface area contributed by atoms with E-state index in [9.17, 15) is 4.79 Å². The van der Waals surface area contributed by atoms with Gasteiger partial charge in [-0.05, 0) is 42.6 Å². The summed E-state index contributed by atoms with van der Waals surface area (Å²) in [5, 5.41) is 6.23. The van der Waals surface area contributed by atoms with Gasteiger partial charge in [0.25, 0.3) is 0 Å². The minimum atomic E-state index is 0.0366. The Balaban J connectivity index is 1.99. The van der Waals surface area contributed by atoms with E-state index in [1.165, 1.54) is 5.56 Å². The van der Waals surface area contributed by atoms with Crippen LogP contribution in [0.3, 0.4) is 0 Å². The summed E-state index contributed by atoms with van der Waals surface area (Å²) in [5.41, 5.74) is 2.16. The van der Waals surface area contributed by atoms with Gasteiger partial charge in [0.15, 0.2) is 5.11 Å². The molecule has 1 saturated carbocycles. The quantitative estimate of drug-likeness (QED) is 0.823. The van der Waals surface area contributed by atoms with E-state index in [-0.39, 0.29) is 11.8 Å². The zero-order chi connectivity index (χ0) is 13.1. The third-order valence-electron chi connectivity index (χ3n) is 3.02. The average molecular weight is 262 g/mol. The fourth-order valence-corrected chi connectivity index (χ4v) is 2.04. The molecule has 2 rings (SSSR count). The molecule has 0 aliphatic heterocycles. The number of benzene rings is 1. The van der Waals surface area contributed by atoms with Crippen molar-refractivity contribution >= 4 is 28.9 Å². The minimum absolute atomic E-state index is 0.0366. The van der Waals surface area contributed by atoms with Gasteiger partial charge in [-0.25, -0.2) is 0 Å². The number of hydrogen-bond acceptors (Lipinski definition) is 2. The third kappa shape index (κ3) is 3.29. The number of amides is 1. The summed E-state index contributed by atoms with van der Waals surface area (Å²) < 4.78 is 0. The number of carbonyl (C=O) groups excluding carboxylic acids is 1. The van der Waals surface area contributed by atoms with Gasteiger partial charge < -0.3 is 10.6 Å². The van der Waals surface area contributed by atoms with E-state index in [4.69, 9.17) is 12.2 Å². The molecular weight excluding hydrogens is 244 g/mol. The molecule has 0 unspecified atom stereocenters. The number of anilines is 1. The van der Waals surface area contributed by atoms with Crippen LogP contribution in [0.5, 0.6) is 0 Å². The van der Waals surface area contributed by atoms with Gasteiger partial charge in [-0.15, -0.1) is 0 Å². The average Bonchev–Trinajstić information content (AvgIpc) is 3.12. The van der Waals surface area contributed by atoms with Crippen molar-refractivity contribution in [2.45, 2.75) is 32.6 Å². The highest BCUT2D eigenvalue weighted by molar-refractivity contribution is 7.80. The van der Waals surface area contributed by atoms with Crippen LogP contribution in [0.2, 0.25) is 0 Å². The lowest BCUT2D eigenvalue weighted by atomic mass is 10.0. The second-order valence-electron chi connectivity index (χ2n) is 4.96. The predicted octanol–water partition coefficient (Wildman–Crippen LogP) is 3.03. The van der Waals surface area contributed by atoms with Gasteiger partial charge in [0.1, 0.15) is 0 Å². The van der Waals surface area contributed by atoms with Crippen molar-refractivity contribution in [3.63, 3.8) is 0 Å². The maximum Gasteiger partial charge on any atom is 0.229 e. The molecule has 1 fully saturated rings. The standard InChI is InChI=1S/C14H18N2OS/c1-9(2)11-5-3-4-6-12(11)15-14(18)16-13(17)10-7-8-10/h3-6,9-10H,7-8H2,1-2H3,(H2,15,16,17,18). The normalized spacial score (nSPS) is 14.4.